The summed E-state index contributed by atoms with van der Waals surface area (Å²) in [6, 6.07) is 4.46. The lowest BCUT2D eigenvalue weighted by atomic mass is 9.70. The quantitative estimate of drug-likeness (QED) is 0.608. The zero-order chi connectivity index (χ0) is 11.9. The van der Waals surface area contributed by atoms with Gasteiger partial charge < -0.3 is 10.8 Å². The fourth-order valence-electron chi connectivity index (χ4n) is 2.14. The van der Waals surface area contributed by atoms with Gasteiger partial charge in [-0.15, -0.1) is 0 Å². The van der Waals surface area contributed by atoms with Gasteiger partial charge in [0, 0.05) is 6.07 Å². The van der Waals surface area contributed by atoms with E-state index in [9.17, 15) is 15.2 Å². The van der Waals surface area contributed by atoms with Crippen molar-refractivity contribution in [3.63, 3.8) is 0 Å². The maximum atomic E-state index is 10.9. The van der Waals surface area contributed by atoms with Gasteiger partial charge in [0.1, 0.15) is 0 Å². The zero-order valence-electron chi connectivity index (χ0n) is 8.39. The van der Waals surface area contributed by atoms with E-state index in [0.717, 1.165) is 0 Å². The van der Waals surface area contributed by atoms with Gasteiger partial charge in [0.25, 0.3) is 5.69 Å². The van der Waals surface area contributed by atoms with Gasteiger partial charge in [0.2, 0.25) is 0 Å². The van der Waals surface area contributed by atoms with Crippen molar-refractivity contribution in [3.8, 4) is 0 Å². The zero-order valence-corrected chi connectivity index (χ0v) is 9.15. The van der Waals surface area contributed by atoms with Crippen LogP contribution in [0.1, 0.15) is 18.4 Å². The first-order valence-electron chi connectivity index (χ1n) is 4.84. The summed E-state index contributed by atoms with van der Waals surface area (Å²) in [6.07, 6.45) is 0.107. The van der Waals surface area contributed by atoms with Crippen molar-refractivity contribution >= 4 is 17.3 Å². The van der Waals surface area contributed by atoms with E-state index < -0.39 is 16.6 Å². The number of aliphatic hydroxyl groups is 1. The molecule has 0 radical (unpaired) electrons. The molecule has 1 aromatic carbocycles. The topological polar surface area (TPSA) is 89.4 Å². The molecular weight excluding hydrogens is 232 g/mol. The van der Waals surface area contributed by atoms with Crippen molar-refractivity contribution in [2.75, 3.05) is 0 Å². The minimum Gasteiger partial charge on any atom is -0.393 e. The second kappa shape index (κ2) is 3.69. The van der Waals surface area contributed by atoms with E-state index in [1.807, 2.05) is 0 Å². The summed E-state index contributed by atoms with van der Waals surface area (Å²) in [5.74, 6) is 0. The Bertz CT molecular complexity index is 444. The highest BCUT2D eigenvalue weighted by atomic mass is 35.5. The molecule has 2 rings (SSSR count). The van der Waals surface area contributed by atoms with E-state index in [2.05, 4.69) is 0 Å². The predicted molar refractivity (Wildman–Crippen MR) is 59.2 cm³/mol. The Morgan fingerprint density at radius 1 is 1.56 bits per heavy atom. The van der Waals surface area contributed by atoms with Crippen LogP contribution in [0, 0.1) is 10.1 Å². The van der Waals surface area contributed by atoms with Crippen LogP contribution in [0.3, 0.4) is 0 Å². The molecule has 1 aromatic rings. The highest BCUT2D eigenvalue weighted by Gasteiger charge is 2.46. The van der Waals surface area contributed by atoms with E-state index in [0.29, 0.717) is 18.4 Å². The first kappa shape index (κ1) is 11.3. The maximum Gasteiger partial charge on any atom is 0.275 e. The molecule has 0 amide bonds. The van der Waals surface area contributed by atoms with Crippen LogP contribution in [0.15, 0.2) is 18.2 Å². The third kappa shape index (κ3) is 1.67. The average molecular weight is 243 g/mol. The molecule has 86 valence electrons. The molecule has 0 bridgehead atoms. The molecule has 0 aliphatic heterocycles. The molecule has 16 heavy (non-hydrogen) atoms. The number of nitro groups is 1. The minimum atomic E-state index is -0.875. The lowest BCUT2D eigenvalue weighted by molar-refractivity contribution is -0.386. The van der Waals surface area contributed by atoms with Crippen LogP contribution < -0.4 is 5.73 Å². The van der Waals surface area contributed by atoms with Crippen LogP contribution in [0.2, 0.25) is 5.02 Å². The van der Waals surface area contributed by atoms with Gasteiger partial charge in [-0.1, -0.05) is 17.7 Å². The summed E-state index contributed by atoms with van der Waals surface area (Å²) >= 11 is 5.95. The van der Waals surface area contributed by atoms with Crippen LogP contribution >= 0.6 is 11.6 Å². The second-order valence-electron chi connectivity index (χ2n) is 4.11. The Kier molecular flexibility index (Phi) is 2.61. The van der Waals surface area contributed by atoms with Crippen molar-refractivity contribution < 1.29 is 10.0 Å². The summed E-state index contributed by atoms with van der Waals surface area (Å²) in [5.41, 5.74) is 5.37. The summed E-state index contributed by atoms with van der Waals surface area (Å²) in [4.78, 5) is 10.4. The van der Waals surface area contributed by atoms with E-state index in [1.54, 1.807) is 6.07 Å². The molecule has 3 N–H and O–H groups in total. The maximum absolute atomic E-state index is 10.9. The number of rotatable bonds is 2. The van der Waals surface area contributed by atoms with E-state index in [-0.39, 0.29) is 10.7 Å². The standard InChI is InChI=1S/C10H11ClN2O3/c11-7-2-1-3-8(13(15)16)9(7)10(12)4-6(14)5-10/h1-3,6,14H,4-5,12H2. The average Bonchev–Trinajstić information content (AvgIpc) is 2.14. The molecule has 0 saturated heterocycles. The molecule has 1 aliphatic rings. The van der Waals surface area contributed by atoms with Crippen molar-refractivity contribution in [2.45, 2.75) is 24.5 Å². The number of nitrogens with two attached hydrogens (primary N) is 1. The molecule has 0 spiro atoms. The van der Waals surface area contributed by atoms with Gasteiger partial charge >= 0.3 is 0 Å². The molecule has 1 saturated carbocycles. The van der Waals surface area contributed by atoms with Crippen LogP contribution in [0.5, 0.6) is 0 Å². The Labute approximate surface area is 97.0 Å². The molecule has 0 unspecified atom stereocenters. The van der Waals surface area contributed by atoms with Crippen LogP contribution in [0.25, 0.3) is 0 Å². The highest BCUT2D eigenvalue weighted by molar-refractivity contribution is 6.31. The van der Waals surface area contributed by atoms with Crippen LogP contribution in [0.4, 0.5) is 5.69 Å². The molecule has 6 heteroatoms. The lowest BCUT2D eigenvalue weighted by Crippen LogP contribution is -2.52. The second-order valence-corrected chi connectivity index (χ2v) is 4.52. The Morgan fingerprint density at radius 3 is 2.69 bits per heavy atom. The summed E-state index contributed by atoms with van der Waals surface area (Å²) in [6.45, 7) is 0. The summed E-state index contributed by atoms with van der Waals surface area (Å²) < 4.78 is 0. The number of benzene rings is 1. The number of nitro benzene ring substituents is 1. The molecule has 1 aliphatic carbocycles. The van der Waals surface area contributed by atoms with Crippen LogP contribution in [-0.4, -0.2) is 16.1 Å². The fraction of sp³-hybridized carbons (Fsp3) is 0.400. The van der Waals surface area contributed by atoms with Gasteiger partial charge in [0.15, 0.2) is 0 Å². The SMILES string of the molecule is NC1(c2c(Cl)cccc2[N+](=O)[O-])CC(O)C1. The molecular formula is C10H11ClN2O3. The van der Waals surface area contributed by atoms with Crippen molar-refractivity contribution in [2.24, 2.45) is 5.73 Å². The number of hydrogen-bond donors (Lipinski definition) is 2. The van der Waals surface area contributed by atoms with E-state index in [1.165, 1.54) is 12.1 Å². The van der Waals surface area contributed by atoms with Gasteiger partial charge in [-0.3, -0.25) is 10.1 Å². The Hall–Kier alpha value is -1.17. The number of aliphatic hydroxyl groups excluding tert-OH is 1. The van der Waals surface area contributed by atoms with E-state index >= 15 is 0 Å². The lowest BCUT2D eigenvalue weighted by Gasteiger charge is -2.42. The largest absolute Gasteiger partial charge is 0.393 e. The van der Waals surface area contributed by atoms with Crippen molar-refractivity contribution in [1.82, 2.24) is 0 Å². The smallest absolute Gasteiger partial charge is 0.275 e. The van der Waals surface area contributed by atoms with Gasteiger partial charge in [0.05, 0.1) is 27.2 Å². The van der Waals surface area contributed by atoms with E-state index in [4.69, 9.17) is 17.3 Å². The monoisotopic (exact) mass is 242 g/mol. The molecule has 0 atom stereocenters. The van der Waals surface area contributed by atoms with Gasteiger partial charge in [-0.2, -0.15) is 0 Å². The van der Waals surface area contributed by atoms with Crippen LogP contribution in [-0.2, 0) is 5.54 Å². The number of hydrogen-bond acceptors (Lipinski definition) is 4. The highest BCUT2D eigenvalue weighted by Crippen LogP contribution is 2.45. The van der Waals surface area contributed by atoms with Crippen molar-refractivity contribution in [1.29, 1.82) is 0 Å². The predicted octanol–water partition coefficient (Wildman–Crippen LogP) is 1.56. The Morgan fingerprint density at radius 2 is 2.19 bits per heavy atom. The summed E-state index contributed by atoms with van der Waals surface area (Å²) in [7, 11) is 0. The van der Waals surface area contributed by atoms with Gasteiger partial charge in [-0.05, 0) is 18.9 Å². The molecule has 5 nitrogen and oxygen atoms in total. The third-order valence-electron chi connectivity index (χ3n) is 2.89. The molecule has 0 aromatic heterocycles. The molecule has 1 fully saturated rings. The van der Waals surface area contributed by atoms with Crippen molar-refractivity contribution in [3.05, 3.63) is 38.9 Å². The van der Waals surface area contributed by atoms with Gasteiger partial charge in [-0.25, -0.2) is 0 Å². The third-order valence-corrected chi connectivity index (χ3v) is 3.20. The first-order chi connectivity index (χ1) is 7.44. The molecule has 0 heterocycles. The number of nitrogens with zero attached hydrogens (tertiary/aromatic N) is 1. The number of halogens is 1. The first-order valence-corrected chi connectivity index (χ1v) is 5.22. The Balaban J connectivity index is 2.51. The minimum absolute atomic E-state index is 0.0816. The fourth-order valence-corrected chi connectivity index (χ4v) is 2.50. The normalized spacial score (nSPS) is 28.6. The summed E-state index contributed by atoms with van der Waals surface area (Å²) in [5, 5.41) is 20.4.